The van der Waals surface area contributed by atoms with Gasteiger partial charge in [-0.05, 0) is 0 Å². The number of nitrogens with one attached hydrogen (secondary N) is 1. The second kappa shape index (κ2) is 3.69. The standard InChI is InChI=1S/C7H11.C4H4N.4CH3.Ru/c1-6(2)5-7(3)4;1-2-4-5-3-1;;;;;/h1,5H,2-4H3;1-3,5H;4*1H3;. The molecule has 1 N–H and O–H groups in total. The minimum absolute atomic E-state index is 1.36. The molecule has 0 saturated heterocycles. The van der Waals surface area contributed by atoms with E-state index < -0.39 is 12.4 Å². The second-order valence-corrected chi connectivity index (χ2v) is 26.7. The fraction of sp³-hybridized carbons (Fsp3) is 0.467. The Hall–Kier alpha value is -0.617. The van der Waals surface area contributed by atoms with E-state index in [1.165, 1.54) is 15.4 Å². The first kappa shape index (κ1) is 14.4. The summed E-state index contributed by atoms with van der Waals surface area (Å²) < 4.78 is 3.91. The molecule has 0 radical (unpaired) electrons. The van der Waals surface area contributed by atoms with Crippen molar-refractivity contribution in [1.29, 1.82) is 0 Å². The van der Waals surface area contributed by atoms with Crippen molar-refractivity contribution in [2.24, 2.45) is 0 Å². The van der Waals surface area contributed by atoms with Crippen LogP contribution in [0.2, 0.25) is 22.1 Å². The fourth-order valence-electron chi connectivity index (χ4n) is 2.07. The molecule has 0 amide bonds. The number of aromatic nitrogens is 1. The van der Waals surface area contributed by atoms with Crippen LogP contribution in [0.15, 0.2) is 40.2 Å². The Balaban J connectivity index is 3.39. The van der Waals surface area contributed by atoms with Crippen LogP contribution >= 0.6 is 0 Å². The van der Waals surface area contributed by atoms with Gasteiger partial charge < -0.3 is 0 Å². The summed E-state index contributed by atoms with van der Waals surface area (Å²) in [7, 11) is 0. The van der Waals surface area contributed by atoms with Crippen molar-refractivity contribution < 1.29 is 12.4 Å². The van der Waals surface area contributed by atoms with Gasteiger partial charge in [-0.25, -0.2) is 0 Å². The van der Waals surface area contributed by atoms with Crippen LogP contribution < -0.4 is 4.29 Å². The molecule has 0 spiro atoms. The van der Waals surface area contributed by atoms with Gasteiger partial charge in [-0.15, -0.1) is 0 Å². The van der Waals surface area contributed by atoms with Gasteiger partial charge in [0.1, 0.15) is 0 Å². The Morgan fingerprint density at radius 3 is 2.12 bits per heavy atom. The first-order chi connectivity index (χ1) is 7.43. The van der Waals surface area contributed by atoms with Crippen LogP contribution in [0.25, 0.3) is 0 Å². The zero-order valence-corrected chi connectivity index (χ0v) is 14.0. The summed E-state index contributed by atoms with van der Waals surface area (Å²) >= 11 is -3.07. The number of hydrogen-bond donors (Lipinski definition) is 1. The zero-order valence-electron chi connectivity index (χ0n) is 12.2. The third-order valence-corrected chi connectivity index (χ3v) is 10.4. The molecule has 1 heterocycles. The van der Waals surface area contributed by atoms with Gasteiger partial charge >= 0.3 is 105 Å². The third kappa shape index (κ3) is 3.67. The van der Waals surface area contributed by atoms with Crippen LogP contribution in [0.4, 0.5) is 0 Å². The van der Waals surface area contributed by atoms with Crippen LogP contribution in [0.5, 0.6) is 0 Å². The topological polar surface area (TPSA) is 15.8 Å². The quantitative estimate of drug-likeness (QED) is 0.600. The average Bonchev–Trinajstić information content (AvgIpc) is 2.48. The number of allylic oxidation sites excluding steroid dienone is 3. The van der Waals surface area contributed by atoms with E-state index in [1.807, 2.05) is 6.20 Å². The minimum atomic E-state index is -3.07. The molecular formula is C15H27NRu. The summed E-state index contributed by atoms with van der Waals surface area (Å²) in [4.78, 5) is 3.43. The van der Waals surface area contributed by atoms with Gasteiger partial charge in [-0.1, -0.05) is 0 Å². The van der Waals surface area contributed by atoms with Gasteiger partial charge in [0.25, 0.3) is 0 Å². The SMILES string of the molecule is CC(C)=CC(C)=[CH][Ru]([CH3])([CH3])([CH3])([CH3])[c]1ccc[nH]1. The molecule has 1 aromatic rings. The predicted octanol–water partition coefficient (Wildman–Crippen LogP) is 4.93. The molecule has 0 unspecified atom stereocenters. The van der Waals surface area contributed by atoms with Crippen molar-refractivity contribution in [1.82, 2.24) is 4.98 Å². The van der Waals surface area contributed by atoms with E-state index in [-0.39, 0.29) is 0 Å². The van der Waals surface area contributed by atoms with Gasteiger partial charge in [0, 0.05) is 0 Å². The maximum atomic E-state index is 3.43. The van der Waals surface area contributed by atoms with Gasteiger partial charge in [0.15, 0.2) is 0 Å². The van der Waals surface area contributed by atoms with E-state index in [2.05, 4.69) is 70.7 Å². The van der Waals surface area contributed by atoms with Gasteiger partial charge in [-0.3, -0.25) is 0 Å². The molecule has 1 rings (SSSR count). The average molecular weight is 322 g/mol. The van der Waals surface area contributed by atoms with Crippen molar-refractivity contribution in [3.8, 4) is 0 Å². The Kier molecular flexibility index (Phi) is 3.13. The Morgan fingerprint density at radius 2 is 1.71 bits per heavy atom. The molecule has 1 nitrogen and oxygen atoms in total. The first-order valence-corrected chi connectivity index (χ1v) is 14.5. The zero-order chi connectivity index (χ0) is 13.4. The molecule has 100 valence electrons. The van der Waals surface area contributed by atoms with E-state index >= 15 is 0 Å². The van der Waals surface area contributed by atoms with E-state index in [0.29, 0.717) is 0 Å². The number of hydrogen-bond acceptors (Lipinski definition) is 0. The van der Waals surface area contributed by atoms with Crippen molar-refractivity contribution in [2.75, 3.05) is 0 Å². The van der Waals surface area contributed by atoms with Crippen molar-refractivity contribution >= 4 is 4.29 Å². The second-order valence-electron chi connectivity index (χ2n) is 6.82. The molecule has 0 aromatic carbocycles. The van der Waals surface area contributed by atoms with E-state index in [0.717, 1.165) is 0 Å². The Bertz CT molecular complexity index is 461. The molecule has 1 aromatic heterocycles. The van der Waals surface area contributed by atoms with Crippen LogP contribution in [0.3, 0.4) is 0 Å². The monoisotopic (exact) mass is 323 g/mol. The summed E-state index contributed by atoms with van der Waals surface area (Å²) in [6.07, 6.45) is 4.30. The number of aromatic amines is 1. The molecule has 0 aliphatic rings. The molecule has 0 aliphatic carbocycles. The summed E-state index contributed by atoms with van der Waals surface area (Å²) in [5, 5.41) is 0. The summed E-state index contributed by atoms with van der Waals surface area (Å²) in [5.74, 6) is 0. The van der Waals surface area contributed by atoms with Gasteiger partial charge in [0.2, 0.25) is 0 Å². The van der Waals surface area contributed by atoms with Crippen molar-refractivity contribution in [2.45, 2.75) is 42.8 Å². The van der Waals surface area contributed by atoms with Crippen LogP contribution in [0.1, 0.15) is 20.8 Å². The molecular weight excluding hydrogens is 295 g/mol. The predicted molar refractivity (Wildman–Crippen MR) is 77.1 cm³/mol. The molecule has 0 fully saturated rings. The van der Waals surface area contributed by atoms with Crippen molar-refractivity contribution in [3.05, 3.63) is 40.2 Å². The maximum absolute atomic E-state index is 3.43. The Labute approximate surface area is 105 Å². The third-order valence-electron chi connectivity index (χ3n) is 2.56. The normalized spacial score (nSPS) is 17.2. The molecule has 17 heavy (non-hydrogen) atoms. The van der Waals surface area contributed by atoms with Crippen molar-refractivity contribution in [3.63, 3.8) is 0 Å². The summed E-state index contributed by atoms with van der Waals surface area (Å²) in [6, 6.07) is 4.33. The van der Waals surface area contributed by atoms with Gasteiger partial charge in [-0.2, -0.15) is 0 Å². The summed E-state index contributed by atoms with van der Waals surface area (Å²) in [5.41, 5.74) is 12.5. The first-order valence-electron chi connectivity index (χ1n) is 5.66. The Morgan fingerprint density at radius 1 is 1.12 bits per heavy atom. The van der Waals surface area contributed by atoms with E-state index in [9.17, 15) is 0 Å². The fourth-order valence-corrected chi connectivity index (χ4v) is 8.83. The number of H-pyrrole nitrogens is 1. The molecule has 0 aliphatic heterocycles. The molecule has 0 bridgehead atoms. The molecule has 2 heteroatoms. The van der Waals surface area contributed by atoms with Crippen LogP contribution in [-0.2, 0) is 12.4 Å². The molecule has 0 saturated carbocycles. The summed E-state index contributed by atoms with van der Waals surface area (Å²) in [6.45, 7) is 6.50. The molecule has 0 atom stereocenters. The number of rotatable bonds is 3. The van der Waals surface area contributed by atoms with Crippen LogP contribution in [0, 0.1) is 0 Å². The van der Waals surface area contributed by atoms with E-state index in [4.69, 9.17) is 0 Å². The van der Waals surface area contributed by atoms with Crippen LogP contribution in [-0.4, -0.2) is 4.98 Å². The van der Waals surface area contributed by atoms with E-state index in [1.54, 1.807) is 0 Å². The van der Waals surface area contributed by atoms with Gasteiger partial charge in [0.05, 0.1) is 0 Å².